The Labute approximate surface area is 151 Å². The van der Waals surface area contributed by atoms with Gasteiger partial charge in [0, 0.05) is 57.8 Å². The van der Waals surface area contributed by atoms with Crippen molar-refractivity contribution in [3.8, 4) is 17.1 Å². The molecule has 7 heteroatoms. The lowest BCUT2D eigenvalue weighted by atomic mass is 10.2. The highest BCUT2D eigenvalue weighted by atomic mass is 15.3. The van der Waals surface area contributed by atoms with Crippen molar-refractivity contribution in [3.05, 3.63) is 73.1 Å². The van der Waals surface area contributed by atoms with Crippen molar-refractivity contribution in [1.29, 1.82) is 0 Å². The highest BCUT2D eigenvalue weighted by Crippen LogP contribution is 2.19. The number of hydrogen-bond donors (Lipinski definition) is 0. The number of anilines is 1. The maximum absolute atomic E-state index is 4.48. The van der Waals surface area contributed by atoms with Crippen LogP contribution in [0.25, 0.3) is 17.1 Å². The van der Waals surface area contributed by atoms with Crippen molar-refractivity contribution >= 4 is 5.95 Å². The van der Waals surface area contributed by atoms with Crippen LogP contribution in [-0.4, -0.2) is 43.4 Å². The summed E-state index contributed by atoms with van der Waals surface area (Å²) in [4.78, 5) is 15.1. The van der Waals surface area contributed by atoms with Gasteiger partial charge in [0.25, 0.3) is 0 Å². The molecule has 0 amide bonds. The molecule has 0 saturated heterocycles. The third-order valence-electron chi connectivity index (χ3n) is 4.04. The van der Waals surface area contributed by atoms with Crippen LogP contribution >= 0.6 is 0 Å². The van der Waals surface area contributed by atoms with Crippen molar-refractivity contribution in [1.82, 2.24) is 29.3 Å². The largest absolute Gasteiger partial charge is 0.347 e. The van der Waals surface area contributed by atoms with E-state index in [0.29, 0.717) is 12.5 Å². The van der Waals surface area contributed by atoms with E-state index < -0.39 is 0 Å². The number of hydrogen-bond acceptors (Lipinski definition) is 5. The Morgan fingerprint density at radius 1 is 0.962 bits per heavy atom. The number of rotatable bonds is 5. The molecule has 26 heavy (non-hydrogen) atoms. The Kier molecular flexibility index (Phi) is 4.18. The number of benzene rings is 1. The summed E-state index contributed by atoms with van der Waals surface area (Å²) < 4.78 is 3.95. The van der Waals surface area contributed by atoms with E-state index in [1.165, 1.54) is 5.56 Å². The first-order chi connectivity index (χ1) is 12.7. The van der Waals surface area contributed by atoms with Gasteiger partial charge in [0.15, 0.2) is 0 Å². The summed E-state index contributed by atoms with van der Waals surface area (Å²) >= 11 is 0. The van der Waals surface area contributed by atoms with E-state index in [-0.39, 0.29) is 0 Å². The normalized spacial score (nSPS) is 10.8. The molecule has 0 aliphatic rings. The molecule has 3 heterocycles. The molecular formula is C19H19N7. The van der Waals surface area contributed by atoms with Gasteiger partial charge < -0.3 is 9.47 Å². The van der Waals surface area contributed by atoms with Gasteiger partial charge in [-0.15, -0.1) is 0 Å². The average molecular weight is 345 g/mol. The summed E-state index contributed by atoms with van der Waals surface area (Å²) in [6.07, 6.45) is 11.1. The van der Waals surface area contributed by atoms with Gasteiger partial charge in [0.05, 0.1) is 11.3 Å². The molecule has 0 spiro atoms. The van der Waals surface area contributed by atoms with E-state index in [4.69, 9.17) is 0 Å². The highest BCUT2D eigenvalue weighted by molar-refractivity contribution is 5.54. The van der Waals surface area contributed by atoms with Gasteiger partial charge in [-0.05, 0) is 23.8 Å². The number of imidazole rings is 1. The molecule has 0 aliphatic carbocycles. The Hall–Kier alpha value is -3.48. The molecule has 1 aromatic carbocycles. The summed E-state index contributed by atoms with van der Waals surface area (Å²) in [5, 5.41) is 4.29. The molecule has 7 nitrogen and oxygen atoms in total. The number of aromatic nitrogens is 6. The molecule has 0 unspecified atom stereocenters. The fourth-order valence-corrected chi connectivity index (χ4v) is 2.78. The standard InChI is InChI=1S/C19H19N7/c1-24(2)19-21-12-16(13-22-19)18-20-8-10-25(18)14-15-5-3-6-17(11-15)26-9-4-7-23-26/h3-13H,14H2,1-2H3. The zero-order valence-corrected chi connectivity index (χ0v) is 14.7. The van der Waals surface area contributed by atoms with E-state index in [1.54, 1.807) is 24.8 Å². The fraction of sp³-hybridized carbons (Fsp3) is 0.158. The van der Waals surface area contributed by atoms with E-state index in [2.05, 4.69) is 36.8 Å². The van der Waals surface area contributed by atoms with Crippen LogP contribution in [0.3, 0.4) is 0 Å². The number of nitrogens with zero attached hydrogens (tertiary/aromatic N) is 7. The average Bonchev–Trinajstić information content (AvgIpc) is 3.34. The first-order valence-corrected chi connectivity index (χ1v) is 8.30. The second-order valence-electron chi connectivity index (χ2n) is 6.17. The minimum Gasteiger partial charge on any atom is -0.347 e. The highest BCUT2D eigenvalue weighted by Gasteiger charge is 2.09. The SMILES string of the molecule is CN(C)c1ncc(-c2nccn2Cc2cccc(-n3cccn3)c2)cn1. The smallest absolute Gasteiger partial charge is 0.224 e. The third kappa shape index (κ3) is 3.19. The Bertz CT molecular complexity index is 985. The lowest BCUT2D eigenvalue weighted by Gasteiger charge is -2.11. The van der Waals surface area contributed by atoms with Crippen LogP contribution in [-0.2, 0) is 6.54 Å². The molecule has 0 saturated carbocycles. The van der Waals surface area contributed by atoms with E-state index in [0.717, 1.165) is 17.1 Å². The van der Waals surface area contributed by atoms with E-state index in [9.17, 15) is 0 Å². The van der Waals surface area contributed by atoms with Gasteiger partial charge in [0.2, 0.25) is 5.95 Å². The van der Waals surface area contributed by atoms with E-state index >= 15 is 0 Å². The topological polar surface area (TPSA) is 64.7 Å². The maximum atomic E-state index is 4.48. The summed E-state index contributed by atoms with van der Waals surface area (Å²) in [6, 6.07) is 10.2. The zero-order valence-electron chi connectivity index (χ0n) is 14.7. The lowest BCUT2D eigenvalue weighted by molar-refractivity contribution is 0.800. The monoisotopic (exact) mass is 345 g/mol. The van der Waals surface area contributed by atoms with E-state index in [1.807, 2.05) is 54.3 Å². The first-order valence-electron chi connectivity index (χ1n) is 8.30. The van der Waals surface area contributed by atoms with Gasteiger partial charge in [-0.1, -0.05) is 12.1 Å². The van der Waals surface area contributed by atoms with Crippen molar-refractivity contribution < 1.29 is 0 Å². The summed E-state index contributed by atoms with van der Waals surface area (Å²) in [5.74, 6) is 1.53. The van der Waals surface area contributed by atoms with Crippen molar-refractivity contribution in [2.75, 3.05) is 19.0 Å². The molecule has 0 N–H and O–H groups in total. The minimum absolute atomic E-state index is 0.679. The first kappa shape index (κ1) is 16.0. The van der Waals surface area contributed by atoms with Gasteiger partial charge in [-0.25, -0.2) is 19.6 Å². The Balaban J connectivity index is 1.61. The summed E-state index contributed by atoms with van der Waals surface area (Å²) in [7, 11) is 3.84. The molecule has 130 valence electrons. The molecule has 0 bridgehead atoms. The summed E-state index contributed by atoms with van der Waals surface area (Å²) in [6.45, 7) is 0.708. The van der Waals surface area contributed by atoms with Crippen molar-refractivity contribution in [3.63, 3.8) is 0 Å². The Morgan fingerprint density at radius 2 is 1.81 bits per heavy atom. The second kappa shape index (κ2) is 6.79. The zero-order chi connectivity index (χ0) is 17.9. The molecule has 0 radical (unpaired) electrons. The van der Waals surface area contributed by atoms with Crippen LogP contribution in [0.4, 0.5) is 5.95 Å². The van der Waals surface area contributed by atoms with Crippen LogP contribution < -0.4 is 4.90 Å². The molecule has 0 fully saturated rings. The minimum atomic E-state index is 0.679. The fourth-order valence-electron chi connectivity index (χ4n) is 2.78. The van der Waals surface area contributed by atoms with Crippen LogP contribution in [0.1, 0.15) is 5.56 Å². The van der Waals surface area contributed by atoms with Crippen molar-refractivity contribution in [2.45, 2.75) is 6.54 Å². The predicted molar refractivity (Wildman–Crippen MR) is 100 cm³/mol. The molecule has 4 rings (SSSR count). The predicted octanol–water partition coefficient (Wildman–Crippen LogP) is 2.64. The van der Waals surface area contributed by atoms with Gasteiger partial charge in [-0.2, -0.15) is 5.10 Å². The molecule has 3 aromatic heterocycles. The lowest BCUT2D eigenvalue weighted by Crippen LogP contribution is -2.12. The van der Waals surface area contributed by atoms with Crippen LogP contribution in [0.15, 0.2) is 67.5 Å². The van der Waals surface area contributed by atoms with Crippen LogP contribution in [0.2, 0.25) is 0 Å². The maximum Gasteiger partial charge on any atom is 0.224 e. The summed E-state index contributed by atoms with van der Waals surface area (Å²) in [5.41, 5.74) is 3.10. The Morgan fingerprint density at radius 3 is 2.54 bits per heavy atom. The molecular weight excluding hydrogens is 326 g/mol. The van der Waals surface area contributed by atoms with Crippen LogP contribution in [0, 0.1) is 0 Å². The van der Waals surface area contributed by atoms with Gasteiger partial charge in [0.1, 0.15) is 5.82 Å². The van der Waals surface area contributed by atoms with Gasteiger partial charge >= 0.3 is 0 Å². The van der Waals surface area contributed by atoms with Gasteiger partial charge in [-0.3, -0.25) is 0 Å². The molecule has 0 atom stereocenters. The molecule has 0 aliphatic heterocycles. The third-order valence-corrected chi connectivity index (χ3v) is 4.04. The second-order valence-corrected chi connectivity index (χ2v) is 6.17. The molecule has 4 aromatic rings. The van der Waals surface area contributed by atoms with Crippen molar-refractivity contribution in [2.24, 2.45) is 0 Å². The van der Waals surface area contributed by atoms with Crippen LogP contribution in [0.5, 0.6) is 0 Å². The quantitative estimate of drug-likeness (QED) is 0.556.